The van der Waals surface area contributed by atoms with E-state index in [0.29, 0.717) is 12.1 Å². The maximum Gasteiger partial charge on any atom is 0.0410 e. The topological polar surface area (TPSA) is 12.0 Å². The van der Waals surface area contributed by atoms with E-state index in [4.69, 9.17) is 11.6 Å². The van der Waals surface area contributed by atoms with E-state index in [2.05, 4.69) is 24.4 Å². The van der Waals surface area contributed by atoms with Crippen LogP contribution in [0.25, 0.3) is 0 Å². The van der Waals surface area contributed by atoms with Crippen molar-refractivity contribution in [2.75, 3.05) is 5.75 Å². The van der Waals surface area contributed by atoms with Crippen molar-refractivity contribution in [1.29, 1.82) is 0 Å². The van der Waals surface area contributed by atoms with E-state index in [9.17, 15) is 0 Å². The van der Waals surface area contributed by atoms with Crippen LogP contribution in [-0.4, -0.2) is 11.8 Å². The summed E-state index contributed by atoms with van der Waals surface area (Å²) in [7, 11) is 0. The lowest BCUT2D eigenvalue weighted by Gasteiger charge is -2.31. The van der Waals surface area contributed by atoms with Crippen molar-refractivity contribution in [3.05, 3.63) is 28.8 Å². The zero-order chi connectivity index (χ0) is 13.2. The third kappa shape index (κ3) is 2.96. The molecular weight excluding hydrogens is 274 g/mol. The average molecular weight is 296 g/mol. The maximum atomic E-state index is 6.18. The second-order valence-corrected chi connectivity index (χ2v) is 7.32. The van der Waals surface area contributed by atoms with Crippen LogP contribution in [0.3, 0.4) is 0 Å². The Morgan fingerprint density at radius 1 is 1.32 bits per heavy atom. The molecule has 1 nitrogen and oxygen atoms in total. The predicted octanol–water partition coefficient (Wildman–Crippen LogP) is 5.05. The van der Waals surface area contributed by atoms with E-state index >= 15 is 0 Å². The standard InChI is InChI=1S/C16H22ClNS/c1-2-11-4-3-5-14(11)18-15-8-9-19-16-7-6-12(17)10-13(15)16/h6-7,10-11,14-15,18H,2-5,8-9H2,1H3. The van der Waals surface area contributed by atoms with Gasteiger partial charge in [-0.2, -0.15) is 0 Å². The van der Waals surface area contributed by atoms with Gasteiger partial charge in [0.15, 0.2) is 0 Å². The molecule has 1 saturated carbocycles. The zero-order valence-electron chi connectivity index (χ0n) is 11.5. The summed E-state index contributed by atoms with van der Waals surface area (Å²) in [6.45, 7) is 2.33. The summed E-state index contributed by atoms with van der Waals surface area (Å²) < 4.78 is 0. The highest BCUT2D eigenvalue weighted by Gasteiger charge is 2.30. The molecule has 1 aromatic rings. The van der Waals surface area contributed by atoms with Crippen LogP contribution < -0.4 is 5.32 Å². The molecule has 19 heavy (non-hydrogen) atoms. The van der Waals surface area contributed by atoms with Gasteiger partial charge in [-0.3, -0.25) is 0 Å². The van der Waals surface area contributed by atoms with Crippen LogP contribution in [0.2, 0.25) is 5.02 Å². The van der Waals surface area contributed by atoms with E-state index in [-0.39, 0.29) is 0 Å². The van der Waals surface area contributed by atoms with Crippen LogP contribution >= 0.6 is 23.4 Å². The molecule has 1 aromatic carbocycles. The summed E-state index contributed by atoms with van der Waals surface area (Å²) in [4.78, 5) is 1.42. The van der Waals surface area contributed by atoms with Crippen molar-refractivity contribution in [2.24, 2.45) is 5.92 Å². The molecule has 3 rings (SSSR count). The Labute approximate surface area is 125 Å². The minimum Gasteiger partial charge on any atom is -0.307 e. The van der Waals surface area contributed by atoms with Crippen LogP contribution in [0, 0.1) is 5.92 Å². The van der Waals surface area contributed by atoms with Gasteiger partial charge in [0.2, 0.25) is 0 Å². The second-order valence-electron chi connectivity index (χ2n) is 5.74. The number of nitrogens with one attached hydrogen (secondary N) is 1. The summed E-state index contributed by atoms with van der Waals surface area (Å²) >= 11 is 8.14. The molecule has 0 bridgehead atoms. The quantitative estimate of drug-likeness (QED) is 0.838. The molecule has 3 atom stereocenters. The third-order valence-corrected chi connectivity index (χ3v) is 5.97. The number of benzene rings is 1. The number of rotatable bonds is 3. The van der Waals surface area contributed by atoms with Crippen molar-refractivity contribution in [2.45, 2.75) is 56.0 Å². The van der Waals surface area contributed by atoms with Gasteiger partial charge in [-0.25, -0.2) is 0 Å². The molecule has 1 fully saturated rings. The highest BCUT2D eigenvalue weighted by atomic mass is 35.5. The number of fused-ring (bicyclic) bond motifs is 1. The first-order valence-electron chi connectivity index (χ1n) is 7.46. The van der Waals surface area contributed by atoms with Gasteiger partial charge in [-0.05, 0) is 54.7 Å². The van der Waals surface area contributed by atoms with Gasteiger partial charge in [-0.1, -0.05) is 31.4 Å². The van der Waals surface area contributed by atoms with Gasteiger partial charge in [0.05, 0.1) is 0 Å². The molecule has 1 heterocycles. The monoisotopic (exact) mass is 295 g/mol. The average Bonchev–Trinajstić information content (AvgIpc) is 2.87. The summed E-state index contributed by atoms with van der Waals surface area (Å²) in [6, 6.07) is 7.58. The van der Waals surface area contributed by atoms with E-state index in [0.717, 1.165) is 10.9 Å². The van der Waals surface area contributed by atoms with E-state index in [1.54, 1.807) is 0 Å². The molecule has 0 amide bonds. The molecule has 2 aliphatic rings. The van der Waals surface area contributed by atoms with Crippen LogP contribution in [0.4, 0.5) is 0 Å². The zero-order valence-corrected chi connectivity index (χ0v) is 13.1. The lowest BCUT2D eigenvalue weighted by molar-refractivity contribution is 0.343. The smallest absolute Gasteiger partial charge is 0.0410 e. The van der Waals surface area contributed by atoms with Crippen LogP contribution in [0.15, 0.2) is 23.1 Å². The largest absolute Gasteiger partial charge is 0.307 e. The van der Waals surface area contributed by atoms with Crippen LogP contribution in [0.1, 0.15) is 50.6 Å². The molecule has 0 radical (unpaired) electrons. The first-order chi connectivity index (χ1) is 9.28. The molecule has 104 valence electrons. The predicted molar refractivity (Wildman–Crippen MR) is 84.1 cm³/mol. The molecule has 1 N–H and O–H groups in total. The molecule has 1 aliphatic carbocycles. The Morgan fingerprint density at radius 2 is 2.21 bits per heavy atom. The third-order valence-electron chi connectivity index (χ3n) is 4.61. The SMILES string of the molecule is CCC1CCCC1NC1CCSc2ccc(Cl)cc21. The van der Waals surface area contributed by atoms with Crippen molar-refractivity contribution in [3.8, 4) is 0 Å². The molecule has 3 unspecified atom stereocenters. The first kappa shape index (κ1) is 13.8. The van der Waals surface area contributed by atoms with Gasteiger partial charge in [0.25, 0.3) is 0 Å². The fourth-order valence-corrected chi connectivity index (χ4v) is 4.83. The molecule has 3 heteroatoms. The summed E-state index contributed by atoms with van der Waals surface area (Å²) in [5.74, 6) is 2.09. The summed E-state index contributed by atoms with van der Waals surface area (Å²) in [6.07, 6.45) is 6.67. The van der Waals surface area contributed by atoms with Crippen molar-refractivity contribution < 1.29 is 0 Å². The maximum absolute atomic E-state index is 6.18. The summed E-state index contributed by atoms with van der Waals surface area (Å²) in [5.41, 5.74) is 1.42. The fraction of sp³-hybridized carbons (Fsp3) is 0.625. The molecule has 1 aliphatic heterocycles. The lowest BCUT2D eigenvalue weighted by Crippen LogP contribution is -2.36. The Morgan fingerprint density at radius 3 is 3.05 bits per heavy atom. The molecule has 0 aromatic heterocycles. The molecule has 0 spiro atoms. The van der Waals surface area contributed by atoms with Crippen molar-refractivity contribution >= 4 is 23.4 Å². The molecular formula is C16H22ClNS. The van der Waals surface area contributed by atoms with Gasteiger partial charge in [-0.15, -0.1) is 11.8 Å². The summed E-state index contributed by atoms with van der Waals surface area (Å²) in [5, 5.41) is 4.80. The number of thioether (sulfide) groups is 1. The highest BCUT2D eigenvalue weighted by molar-refractivity contribution is 7.99. The Kier molecular flexibility index (Phi) is 4.40. The Balaban J connectivity index is 1.78. The van der Waals surface area contributed by atoms with E-state index in [1.807, 2.05) is 17.8 Å². The van der Waals surface area contributed by atoms with Gasteiger partial charge < -0.3 is 5.32 Å². The number of halogens is 1. The fourth-order valence-electron chi connectivity index (χ4n) is 3.54. The van der Waals surface area contributed by atoms with Crippen molar-refractivity contribution in [3.63, 3.8) is 0 Å². The minimum absolute atomic E-state index is 0.507. The van der Waals surface area contributed by atoms with E-state index in [1.165, 1.54) is 48.3 Å². The van der Waals surface area contributed by atoms with Crippen LogP contribution in [-0.2, 0) is 0 Å². The minimum atomic E-state index is 0.507. The Hall–Kier alpha value is -0.180. The number of hydrogen-bond donors (Lipinski definition) is 1. The van der Waals surface area contributed by atoms with Crippen LogP contribution in [0.5, 0.6) is 0 Å². The Bertz CT molecular complexity index is 448. The van der Waals surface area contributed by atoms with E-state index < -0.39 is 0 Å². The van der Waals surface area contributed by atoms with Gasteiger partial charge in [0, 0.05) is 22.0 Å². The number of hydrogen-bond acceptors (Lipinski definition) is 2. The van der Waals surface area contributed by atoms with Gasteiger partial charge >= 0.3 is 0 Å². The normalized spacial score (nSPS) is 30.3. The van der Waals surface area contributed by atoms with Crippen molar-refractivity contribution in [1.82, 2.24) is 5.32 Å². The highest BCUT2D eigenvalue weighted by Crippen LogP contribution is 2.39. The molecule has 0 saturated heterocycles. The van der Waals surface area contributed by atoms with Gasteiger partial charge in [0.1, 0.15) is 0 Å². The first-order valence-corrected chi connectivity index (χ1v) is 8.82. The second kappa shape index (κ2) is 6.07. The lowest BCUT2D eigenvalue weighted by atomic mass is 9.97.